The predicted octanol–water partition coefficient (Wildman–Crippen LogP) is 5.37. The number of benzene rings is 2. The molecular formula is C32H44N4O3. The number of anilines is 2. The van der Waals surface area contributed by atoms with Gasteiger partial charge < -0.3 is 20.0 Å². The molecule has 0 saturated carbocycles. The molecule has 2 aliphatic rings. The molecule has 2 aliphatic heterocycles. The molecule has 0 radical (unpaired) electrons. The van der Waals surface area contributed by atoms with E-state index >= 15 is 0 Å². The van der Waals surface area contributed by atoms with Crippen LogP contribution < -0.4 is 10.2 Å². The number of aryl methyl sites for hydroxylation is 2. The van der Waals surface area contributed by atoms with Crippen molar-refractivity contribution in [3.63, 3.8) is 0 Å². The molecule has 1 spiro atoms. The van der Waals surface area contributed by atoms with Gasteiger partial charge in [0.15, 0.2) is 0 Å². The highest BCUT2D eigenvalue weighted by molar-refractivity contribution is 5.99. The number of hydrogen-bond donors (Lipinski definition) is 1. The van der Waals surface area contributed by atoms with Gasteiger partial charge in [0.2, 0.25) is 11.8 Å². The Kier molecular flexibility index (Phi) is 8.38. The third-order valence-electron chi connectivity index (χ3n) is 8.13. The van der Waals surface area contributed by atoms with Gasteiger partial charge in [-0.25, -0.2) is 0 Å². The summed E-state index contributed by atoms with van der Waals surface area (Å²) in [6.07, 6.45) is 2.63. The van der Waals surface area contributed by atoms with Crippen molar-refractivity contribution >= 4 is 29.1 Å². The maximum atomic E-state index is 14.0. The van der Waals surface area contributed by atoms with E-state index in [9.17, 15) is 14.4 Å². The molecule has 2 fully saturated rings. The highest BCUT2D eigenvalue weighted by atomic mass is 16.2. The molecule has 2 aromatic carbocycles. The van der Waals surface area contributed by atoms with Crippen LogP contribution in [0.3, 0.4) is 0 Å². The first kappa shape index (κ1) is 28.7. The summed E-state index contributed by atoms with van der Waals surface area (Å²) in [5.41, 5.74) is 3.39. The number of hydrogen-bond acceptors (Lipinski definition) is 4. The summed E-state index contributed by atoms with van der Waals surface area (Å²) in [4.78, 5) is 45.8. The highest BCUT2D eigenvalue weighted by Crippen LogP contribution is 2.40. The van der Waals surface area contributed by atoms with Crippen molar-refractivity contribution in [1.82, 2.24) is 9.80 Å². The normalized spacial score (nSPS) is 18.0. The van der Waals surface area contributed by atoms with Crippen molar-refractivity contribution in [2.24, 2.45) is 11.3 Å². The largest absolute Gasteiger partial charge is 0.342 e. The van der Waals surface area contributed by atoms with Crippen LogP contribution in [0.15, 0.2) is 48.5 Å². The van der Waals surface area contributed by atoms with Crippen molar-refractivity contribution in [3.8, 4) is 0 Å². The van der Waals surface area contributed by atoms with E-state index in [4.69, 9.17) is 0 Å². The Balaban J connectivity index is 1.46. The average molecular weight is 533 g/mol. The third-order valence-corrected chi connectivity index (χ3v) is 8.13. The number of carbonyl (C=O) groups excluding carboxylic acids is 3. The molecule has 1 atom stereocenters. The molecule has 1 unspecified atom stereocenters. The number of likely N-dealkylation sites (tertiary alicyclic amines) is 1. The van der Waals surface area contributed by atoms with E-state index in [2.05, 4.69) is 37.9 Å². The number of amides is 3. The van der Waals surface area contributed by atoms with E-state index in [0.29, 0.717) is 44.9 Å². The van der Waals surface area contributed by atoms with Crippen LogP contribution in [0.1, 0.15) is 64.5 Å². The SMILES string of the molecule is Cc1ccc(NC(=O)CN2CN(c3ccccc3)C3(CCN(C(=O)CC(C)CC(C)(C)C)CC3)C2=O)cc1C. The van der Waals surface area contributed by atoms with Crippen molar-refractivity contribution in [1.29, 1.82) is 0 Å². The number of carbonyl (C=O) groups is 3. The van der Waals surface area contributed by atoms with Crippen molar-refractivity contribution in [2.75, 3.05) is 36.5 Å². The zero-order valence-corrected chi connectivity index (χ0v) is 24.4. The van der Waals surface area contributed by atoms with Gasteiger partial charge in [0.1, 0.15) is 12.1 Å². The summed E-state index contributed by atoms with van der Waals surface area (Å²) in [7, 11) is 0. The number of rotatable bonds is 7. The Morgan fingerprint density at radius 2 is 1.67 bits per heavy atom. The van der Waals surface area contributed by atoms with Gasteiger partial charge in [-0.2, -0.15) is 0 Å². The zero-order valence-electron chi connectivity index (χ0n) is 24.4. The lowest BCUT2D eigenvalue weighted by Crippen LogP contribution is -2.57. The molecule has 0 aromatic heterocycles. The minimum Gasteiger partial charge on any atom is -0.342 e. The molecule has 3 amide bonds. The number of nitrogens with zero attached hydrogens (tertiary/aromatic N) is 3. The van der Waals surface area contributed by atoms with E-state index in [1.807, 2.05) is 67.3 Å². The summed E-state index contributed by atoms with van der Waals surface area (Å²) in [6.45, 7) is 14.2. The average Bonchev–Trinajstić information content (AvgIpc) is 3.12. The first-order chi connectivity index (χ1) is 18.4. The van der Waals surface area contributed by atoms with Gasteiger partial charge in [0.05, 0.1) is 6.67 Å². The summed E-state index contributed by atoms with van der Waals surface area (Å²) in [5.74, 6) is 0.239. The van der Waals surface area contributed by atoms with E-state index < -0.39 is 5.54 Å². The van der Waals surface area contributed by atoms with Crippen LogP contribution in [0, 0.1) is 25.2 Å². The summed E-state index contributed by atoms with van der Waals surface area (Å²) < 4.78 is 0. The summed E-state index contributed by atoms with van der Waals surface area (Å²) >= 11 is 0. The van der Waals surface area contributed by atoms with Gasteiger partial charge in [0, 0.05) is 30.9 Å². The minimum atomic E-state index is -0.754. The molecule has 0 bridgehead atoms. The van der Waals surface area contributed by atoms with Crippen molar-refractivity contribution in [3.05, 3.63) is 59.7 Å². The Hall–Kier alpha value is -3.35. The topological polar surface area (TPSA) is 73.0 Å². The summed E-state index contributed by atoms with van der Waals surface area (Å²) in [6, 6.07) is 15.7. The van der Waals surface area contributed by atoms with E-state index in [1.54, 1.807) is 4.90 Å². The molecular weight excluding hydrogens is 488 g/mol. The van der Waals surface area contributed by atoms with Crippen LogP contribution in [0.25, 0.3) is 0 Å². The third kappa shape index (κ3) is 6.63. The second-order valence-corrected chi connectivity index (χ2v) is 12.7. The molecule has 4 rings (SSSR count). The number of piperidine rings is 1. The quantitative estimate of drug-likeness (QED) is 0.520. The Morgan fingerprint density at radius 3 is 2.28 bits per heavy atom. The van der Waals surface area contributed by atoms with Crippen LogP contribution in [0.5, 0.6) is 0 Å². The van der Waals surface area contributed by atoms with Gasteiger partial charge >= 0.3 is 0 Å². The highest BCUT2D eigenvalue weighted by Gasteiger charge is 2.54. The Labute approximate surface area is 233 Å². The second-order valence-electron chi connectivity index (χ2n) is 12.7. The zero-order chi connectivity index (χ0) is 28.4. The lowest BCUT2D eigenvalue weighted by Gasteiger charge is -2.43. The Bertz CT molecular complexity index is 1200. The fourth-order valence-electron chi connectivity index (χ4n) is 6.19. The second kappa shape index (κ2) is 11.4. The molecule has 2 heterocycles. The van der Waals surface area contributed by atoms with Gasteiger partial charge in [-0.15, -0.1) is 0 Å². The molecule has 7 heteroatoms. The number of para-hydroxylation sites is 1. The fourth-order valence-corrected chi connectivity index (χ4v) is 6.19. The molecule has 2 saturated heterocycles. The van der Waals surface area contributed by atoms with E-state index in [-0.39, 0.29) is 29.7 Å². The first-order valence-corrected chi connectivity index (χ1v) is 14.1. The van der Waals surface area contributed by atoms with Crippen LogP contribution in [-0.4, -0.2) is 59.4 Å². The summed E-state index contributed by atoms with van der Waals surface area (Å²) in [5, 5.41) is 2.96. The predicted molar refractivity (Wildman–Crippen MR) is 156 cm³/mol. The maximum absolute atomic E-state index is 14.0. The molecule has 210 valence electrons. The lowest BCUT2D eigenvalue weighted by atomic mass is 9.83. The minimum absolute atomic E-state index is 0.0101. The Morgan fingerprint density at radius 1 is 1.00 bits per heavy atom. The van der Waals surface area contributed by atoms with E-state index in [0.717, 1.165) is 28.9 Å². The molecule has 39 heavy (non-hydrogen) atoms. The van der Waals surface area contributed by atoms with Gasteiger partial charge in [0.25, 0.3) is 5.91 Å². The lowest BCUT2D eigenvalue weighted by molar-refractivity contribution is -0.139. The van der Waals surface area contributed by atoms with Crippen molar-refractivity contribution < 1.29 is 14.4 Å². The van der Waals surface area contributed by atoms with Gasteiger partial charge in [-0.3, -0.25) is 14.4 Å². The molecule has 2 aromatic rings. The van der Waals surface area contributed by atoms with Crippen LogP contribution in [0.2, 0.25) is 0 Å². The van der Waals surface area contributed by atoms with Crippen LogP contribution >= 0.6 is 0 Å². The van der Waals surface area contributed by atoms with Gasteiger partial charge in [-0.05, 0) is 79.8 Å². The molecule has 7 nitrogen and oxygen atoms in total. The maximum Gasteiger partial charge on any atom is 0.250 e. The number of nitrogens with one attached hydrogen (secondary N) is 1. The van der Waals surface area contributed by atoms with E-state index in [1.165, 1.54) is 0 Å². The van der Waals surface area contributed by atoms with Crippen LogP contribution in [0.4, 0.5) is 11.4 Å². The monoisotopic (exact) mass is 532 g/mol. The smallest absolute Gasteiger partial charge is 0.250 e. The van der Waals surface area contributed by atoms with Crippen LogP contribution in [-0.2, 0) is 14.4 Å². The standard InChI is InChI=1S/C32H44N4O3/c1-23(20-31(4,5)6)18-29(38)34-16-14-32(15-17-34)30(39)35(22-36(32)27-10-8-7-9-11-27)21-28(37)33-26-13-12-24(2)25(3)19-26/h7-13,19,23H,14-18,20-22H2,1-6H3,(H,33,37). The van der Waals surface area contributed by atoms with Gasteiger partial charge in [-0.1, -0.05) is 52.0 Å². The molecule has 0 aliphatic carbocycles. The first-order valence-electron chi connectivity index (χ1n) is 14.1. The van der Waals surface area contributed by atoms with Crippen molar-refractivity contribution in [2.45, 2.75) is 72.8 Å². The fraction of sp³-hybridized carbons (Fsp3) is 0.531. The molecule has 1 N–H and O–H groups in total.